The Labute approximate surface area is 384 Å². The van der Waals surface area contributed by atoms with E-state index in [2.05, 4.69) is 43.5 Å². The van der Waals surface area contributed by atoms with Gasteiger partial charge in [-0.05, 0) is 51.4 Å². The van der Waals surface area contributed by atoms with E-state index >= 15 is 0 Å². The largest absolute Gasteiger partial charge is 0.394 e. The second kappa shape index (κ2) is 42.0. The van der Waals surface area contributed by atoms with Gasteiger partial charge in [0.15, 0.2) is 6.29 Å². The number of allylic oxidation sites excluding steroid dienone is 4. The van der Waals surface area contributed by atoms with Crippen LogP contribution in [-0.4, -0.2) is 110 Å². The van der Waals surface area contributed by atoms with E-state index < -0.39 is 74.2 Å². The Morgan fingerprint density at radius 2 is 0.952 bits per heavy atom. The Kier molecular flexibility index (Phi) is 39.7. The van der Waals surface area contributed by atoms with E-state index in [0.717, 1.165) is 38.5 Å². The summed E-state index contributed by atoms with van der Waals surface area (Å²) in [5.74, 6) is -0.708. The summed E-state index contributed by atoms with van der Waals surface area (Å²) < 4.78 is 11.1. The summed E-state index contributed by atoms with van der Waals surface area (Å²) in [5.41, 5.74) is 0. The molecule has 8 N–H and O–H groups in total. The molecule has 0 aromatic carbocycles. The van der Waals surface area contributed by atoms with Crippen LogP contribution in [-0.2, 0) is 14.3 Å². The summed E-state index contributed by atoms with van der Waals surface area (Å²) in [6.07, 6.45) is 36.5. The molecule has 0 spiro atoms. The van der Waals surface area contributed by atoms with Crippen molar-refractivity contribution in [1.29, 1.82) is 0 Å². The normalized spacial score (nSPS) is 21.3. The molecule has 0 aromatic rings. The van der Waals surface area contributed by atoms with Crippen molar-refractivity contribution < 1.29 is 50.0 Å². The number of nitrogens with one attached hydrogen (secondary N) is 1. The van der Waals surface area contributed by atoms with Crippen LogP contribution in [0.15, 0.2) is 24.3 Å². The highest BCUT2D eigenvalue weighted by atomic mass is 16.7. The highest BCUT2D eigenvalue weighted by Crippen LogP contribution is 2.23. The summed E-state index contributed by atoms with van der Waals surface area (Å²) in [6, 6.07) is -1.19. The maximum atomic E-state index is 13.1. The first-order valence-electron chi connectivity index (χ1n) is 26.2. The van der Waals surface area contributed by atoms with Crippen LogP contribution < -0.4 is 5.32 Å². The standard InChI is InChI=1S/C52H99NO10/c1-3-5-7-9-11-13-15-17-19-21-22-23-24-26-28-30-32-34-36-38-40-45(56)51(61)53-43(42-62-52-50(60)49(59)48(58)46(41-54)63-52)47(57)44(55)39-37-35-33-31-29-27-25-20-18-16-14-12-10-8-6-4-2/h20,25,31,33,43-50,52,54-60H,3-19,21-24,26-30,32,34-42H2,1-2H3,(H,53,61)/b25-20+,33-31+. The van der Waals surface area contributed by atoms with Crippen LogP contribution in [0.2, 0.25) is 0 Å². The number of hydrogen-bond acceptors (Lipinski definition) is 10. The molecule has 1 aliphatic rings. The molecule has 0 saturated carbocycles. The van der Waals surface area contributed by atoms with Gasteiger partial charge in [0.2, 0.25) is 5.91 Å². The number of aliphatic hydroxyl groups excluding tert-OH is 7. The lowest BCUT2D eigenvalue weighted by Crippen LogP contribution is -2.60. The molecule has 1 aliphatic heterocycles. The maximum Gasteiger partial charge on any atom is 0.249 e. The highest BCUT2D eigenvalue weighted by Gasteiger charge is 2.44. The molecule has 372 valence electrons. The number of aliphatic hydroxyl groups is 7. The van der Waals surface area contributed by atoms with Crippen molar-refractivity contribution in [2.75, 3.05) is 13.2 Å². The van der Waals surface area contributed by atoms with Crippen LogP contribution in [0.1, 0.15) is 232 Å². The molecule has 1 rings (SSSR count). The lowest BCUT2D eigenvalue weighted by molar-refractivity contribution is -0.303. The molecule has 0 aliphatic carbocycles. The predicted octanol–water partition coefficient (Wildman–Crippen LogP) is 9.79. The second-order valence-corrected chi connectivity index (χ2v) is 18.6. The summed E-state index contributed by atoms with van der Waals surface area (Å²) in [5, 5.41) is 75.9. The fourth-order valence-corrected chi connectivity index (χ4v) is 8.40. The zero-order chi connectivity index (χ0) is 46.2. The number of hydrogen-bond donors (Lipinski definition) is 8. The highest BCUT2D eigenvalue weighted by molar-refractivity contribution is 5.80. The van der Waals surface area contributed by atoms with Gasteiger partial charge in [0.1, 0.15) is 36.6 Å². The summed E-state index contributed by atoms with van der Waals surface area (Å²) in [6.45, 7) is 3.44. The van der Waals surface area contributed by atoms with Crippen molar-refractivity contribution in [1.82, 2.24) is 5.32 Å². The van der Waals surface area contributed by atoms with Crippen LogP contribution in [0.5, 0.6) is 0 Å². The molecule has 9 unspecified atom stereocenters. The minimum absolute atomic E-state index is 0.248. The lowest BCUT2D eigenvalue weighted by atomic mass is 9.98. The van der Waals surface area contributed by atoms with E-state index in [1.165, 1.54) is 148 Å². The summed E-state index contributed by atoms with van der Waals surface area (Å²) >= 11 is 0. The van der Waals surface area contributed by atoms with Gasteiger partial charge in [-0.15, -0.1) is 0 Å². The van der Waals surface area contributed by atoms with E-state index in [4.69, 9.17) is 9.47 Å². The number of carbonyl (C=O) groups excluding carboxylic acids is 1. The number of rotatable bonds is 44. The molecule has 0 radical (unpaired) electrons. The van der Waals surface area contributed by atoms with Crippen molar-refractivity contribution in [3.8, 4) is 0 Å². The van der Waals surface area contributed by atoms with Crippen LogP contribution in [0.4, 0.5) is 0 Å². The van der Waals surface area contributed by atoms with Gasteiger partial charge in [0.05, 0.1) is 25.4 Å². The van der Waals surface area contributed by atoms with Crippen molar-refractivity contribution >= 4 is 5.91 Å². The number of amides is 1. The Hall–Kier alpha value is -1.41. The first kappa shape index (κ1) is 59.6. The van der Waals surface area contributed by atoms with Crippen molar-refractivity contribution in [3.05, 3.63) is 24.3 Å². The lowest BCUT2D eigenvalue weighted by Gasteiger charge is -2.40. The van der Waals surface area contributed by atoms with Crippen molar-refractivity contribution in [3.63, 3.8) is 0 Å². The Bertz CT molecular complexity index is 1080. The zero-order valence-corrected chi connectivity index (χ0v) is 40.3. The minimum Gasteiger partial charge on any atom is -0.394 e. The van der Waals surface area contributed by atoms with Gasteiger partial charge in [-0.3, -0.25) is 4.79 Å². The first-order valence-corrected chi connectivity index (χ1v) is 26.2. The van der Waals surface area contributed by atoms with Gasteiger partial charge in [-0.25, -0.2) is 0 Å². The first-order chi connectivity index (χ1) is 30.7. The fraction of sp³-hybridized carbons (Fsp3) is 0.904. The van der Waals surface area contributed by atoms with E-state index in [-0.39, 0.29) is 12.8 Å². The topological polar surface area (TPSA) is 189 Å². The summed E-state index contributed by atoms with van der Waals surface area (Å²) in [4.78, 5) is 13.1. The predicted molar refractivity (Wildman–Crippen MR) is 256 cm³/mol. The molecule has 0 aromatic heterocycles. The van der Waals surface area contributed by atoms with Gasteiger partial charge >= 0.3 is 0 Å². The smallest absolute Gasteiger partial charge is 0.249 e. The van der Waals surface area contributed by atoms with Crippen LogP contribution in [0.3, 0.4) is 0 Å². The zero-order valence-electron chi connectivity index (χ0n) is 40.3. The average molecular weight is 898 g/mol. The van der Waals surface area contributed by atoms with Crippen LogP contribution in [0, 0.1) is 0 Å². The third-order valence-corrected chi connectivity index (χ3v) is 12.7. The SMILES string of the molecule is CCCCCCCCC/C=C/CC/C=C/CCCC(O)C(O)C(COC1OC(CO)C(O)C(O)C1O)NC(=O)C(O)CCCCCCCCCCCCCCCCCCCCCC. The van der Waals surface area contributed by atoms with Crippen LogP contribution in [0.25, 0.3) is 0 Å². The molecule has 0 bridgehead atoms. The molecule has 1 amide bonds. The molecular formula is C52H99NO10. The van der Waals surface area contributed by atoms with Crippen molar-refractivity contribution in [2.24, 2.45) is 0 Å². The van der Waals surface area contributed by atoms with E-state index in [1.807, 2.05) is 0 Å². The maximum absolute atomic E-state index is 13.1. The fourth-order valence-electron chi connectivity index (χ4n) is 8.40. The third-order valence-electron chi connectivity index (χ3n) is 12.7. The quantitative estimate of drug-likeness (QED) is 0.0216. The van der Waals surface area contributed by atoms with Gasteiger partial charge in [-0.1, -0.05) is 205 Å². The van der Waals surface area contributed by atoms with E-state index in [0.29, 0.717) is 19.3 Å². The van der Waals surface area contributed by atoms with Gasteiger partial charge in [0.25, 0.3) is 0 Å². The average Bonchev–Trinajstić information content (AvgIpc) is 3.28. The molecule has 1 fully saturated rings. The Morgan fingerprint density at radius 1 is 0.540 bits per heavy atom. The molecule has 1 saturated heterocycles. The van der Waals surface area contributed by atoms with E-state index in [1.54, 1.807) is 0 Å². The van der Waals surface area contributed by atoms with Gasteiger partial charge in [0, 0.05) is 0 Å². The number of unbranched alkanes of at least 4 members (excludes halogenated alkanes) is 28. The number of ether oxygens (including phenoxy) is 2. The van der Waals surface area contributed by atoms with E-state index in [9.17, 15) is 40.5 Å². The monoisotopic (exact) mass is 898 g/mol. The molecule has 9 atom stereocenters. The summed E-state index contributed by atoms with van der Waals surface area (Å²) in [7, 11) is 0. The molecule has 11 nitrogen and oxygen atoms in total. The second-order valence-electron chi connectivity index (χ2n) is 18.6. The molecule has 63 heavy (non-hydrogen) atoms. The Morgan fingerprint density at radius 3 is 1.41 bits per heavy atom. The molecular weight excluding hydrogens is 799 g/mol. The molecule has 1 heterocycles. The Balaban J connectivity index is 2.39. The number of carbonyl (C=O) groups is 1. The minimum atomic E-state index is -1.67. The van der Waals surface area contributed by atoms with Gasteiger partial charge < -0.3 is 50.5 Å². The van der Waals surface area contributed by atoms with Gasteiger partial charge in [-0.2, -0.15) is 0 Å². The molecule has 11 heteroatoms. The van der Waals surface area contributed by atoms with Crippen molar-refractivity contribution in [2.45, 2.75) is 287 Å². The third kappa shape index (κ3) is 31.2. The van der Waals surface area contributed by atoms with Crippen LogP contribution >= 0.6 is 0 Å².